The Bertz CT molecular complexity index is 653. The highest BCUT2D eigenvalue weighted by molar-refractivity contribution is 7.10. The fourth-order valence-corrected chi connectivity index (χ4v) is 3.35. The summed E-state index contributed by atoms with van der Waals surface area (Å²) in [7, 11) is 1.97. The number of amides is 1. The third kappa shape index (κ3) is 5.19. The van der Waals surface area contributed by atoms with E-state index in [9.17, 15) is 4.79 Å². The van der Waals surface area contributed by atoms with E-state index < -0.39 is 0 Å². The van der Waals surface area contributed by atoms with E-state index in [1.54, 1.807) is 11.3 Å². The Labute approximate surface area is 143 Å². The lowest BCUT2D eigenvalue weighted by Gasteiger charge is -2.19. The summed E-state index contributed by atoms with van der Waals surface area (Å²) in [6.07, 6.45) is 0. The molecule has 0 saturated carbocycles. The maximum Gasteiger partial charge on any atom is 0.238 e. The summed E-state index contributed by atoms with van der Waals surface area (Å²) in [5.74, 6) is 0.0187. The monoisotopic (exact) mass is 330 g/mol. The number of anilines is 1. The Hall–Kier alpha value is -1.65. The molecule has 2 aromatic rings. The van der Waals surface area contributed by atoms with Crippen molar-refractivity contribution in [3.8, 4) is 0 Å². The molecule has 0 unspecified atom stereocenters. The van der Waals surface area contributed by atoms with Crippen molar-refractivity contribution in [2.24, 2.45) is 0 Å². The Kier molecular flexibility index (Phi) is 5.60. The number of carbonyl (C=O) groups is 1. The van der Waals surface area contributed by atoms with E-state index in [-0.39, 0.29) is 11.3 Å². The van der Waals surface area contributed by atoms with Crippen molar-refractivity contribution in [2.75, 3.05) is 18.9 Å². The number of hydrogen-bond acceptors (Lipinski definition) is 3. The van der Waals surface area contributed by atoms with Gasteiger partial charge in [-0.1, -0.05) is 32.9 Å². The van der Waals surface area contributed by atoms with Crippen LogP contribution in [0, 0.1) is 6.92 Å². The largest absolute Gasteiger partial charge is 0.325 e. The number of nitrogens with zero attached hydrogens (tertiary/aromatic N) is 1. The Morgan fingerprint density at radius 3 is 2.35 bits per heavy atom. The van der Waals surface area contributed by atoms with Gasteiger partial charge in [-0.15, -0.1) is 11.3 Å². The van der Waals surface area contributed by atoms with Crippen molar-refractivity contribution in [3.05, 3.63) is 51.7 Å². The summed E-state index contributed by atoms with van der Waals surface area (Å²) >= 11 is 1.74. The van der Waals surface area contributed by atoms with E-state index in [1.165, 1.54) is 16.0 Å². The van der Waals surface area contributed by atoms with Crippen LogP contribution in [0.15, 0.2) is 35.7 Å². The van der Waals surface area contributed by atoms with Gasteiger partial charge in [-0.2, -0.15) is 0 Å². The molecule has 2 rings (SSSR count). The molecule has 1 heterocycles. The lowest BCUT2D eigenvalue weighted by atomic mass is 9.87. The second kappa shape index (κ2) is 7.28. The molecule has 23 heavy (non-hydrogen) atoms. The van der Waals surface area contributed by atoms with Gasteiger partial charge in [0.25, 0.3) is 0 Å². The predicted molar refractivity (Wildman–Crippen MR) is 99.2 cm³/mol. The van der Waals surface area contributed by atoms with Gasteiger partial charge in [-0.25, -0.2) is 0 Å². The molecule has 0 bridgehead atoms. The van der Waals surface area contributed by atoms with E-state index in [0.717, 1.165) is 12.2 Å². The number of carbonyl (C=O) groups excluding carboxylic acids is 1. The maximum absolute atomic E-state index is 12.2. The molecule has 1 aromatic heterocycles. The van der Waals surface area contributed by atoms with Gasteiger partial charge in [0, 0.05) is 17.1 Å². The van der Waals surface area contributed by atoms with Crippen LogP contribution < -0.4 is 5.32 Å². The first-order valence-electron chi connectivity index (χ1n) is 7.87. The maximum atomic E-state index is 12.2. The first-order valence-corrected chi connectivity index (χ1v) is 8.75. The van der Waals surface area contributed by atoms with E-state index in [0.29, 0.717) is 6.54 Å². The van der Waals surface area contributed by atoms with Crippen LogP contribution in [0.2, 0.25) is 0 Å². The summed E-state index contributed by atoms with van der Waals surface area (Å²) in [5, 5.41) is 5.06. The summed E-state index contributed by atoms with van der Waals surface area (Å²) in [4.78, 5) is 15.5. The zero-order chi connectivity index (χ0) is 17.0. The molecular formula is C19H26N2OS. The fourth-order valence-electron chi connectivity index (χ4n) is 2.37. The van der Waals surface area contributed by atoms with Gasteiger partial charge in [0.05, 0.1) is 6.54 Å². The molecule has 0 radical (unpaired) electrons. The molecule has 1 amide bonds. The molecule has 0 aliphatic carbocycles. The second-order valence-corrected chi connectivity index (χ2v) is 8.08. The molecule has 1 aromatic carbocycles. The highest BCUT2D eigenvalue weighted by atomic mass is 32.1. The summed E-state index contributed by atoms with van der Waals surface area (Å²) in [6, 6.07) is 10.2. The van der Waals surface area contributed by atoms with Crippen LogP contribution in [-0.4, -0.2) is 24.4 Å². The zero-order valence-electron chi connectivity index (χ0n) is 14.6. The van der Waals surface area contributed by atoms with Crippen molar-refractivity contribution in [3.63, 3.8) is 0 Å². The van der Waals surface area contributed by atoms with E-state index in [4.69, 9.17) is 0 Å². The number of nitrogens with one attached hydrogen (secondary N) is 1. The quantitative estimate of drug-likeness (QED) is 0.880. The lowest BCUT2D eigenvalue weighted by Crippen LogP contribution is -2.29. The van der Waals surface area contributed by atoms with Crippen LogP contribution in [0.5, 0.6) is 0 Å². The second-order valence-electron chi connectivity index (χ2n) is 7.07. The summed E-state index contributed by atoms with van der Waals surface area (Å²) in [6.45, 7) is 9.85. The third-order valence-electron chi connectivity index (χ3n) is 3.83. The number of aryl methyl sites for hydroxylation is 1. The highest BCUT2D eigenvalue weighted by Gasteiger charge is 2.14. The van der Waals surface area contributed by atoms with Gasteiger partial charge in [0.1, 0.15) is 0 Å². The van der Waals surface area contributed by atoms with E-state index >= 15 is 0 Å². The molecule has 124 valence electrons. The molecule has 0 spiro atoms. The number of benzene rings is 1. The van der Waals surface area contributed by atoms with Crippen LogP contribution in [0.3, 0.4) is 0 Å². The normalized spacial score (nSPS) is 11.7. The zero-order valence-corrected chi connectivity index (χ0v) is 15.5. The smallest absolute Gasteiger partial charge is 0.238 e. The average molecular weight is 330 g/mol. The van der Waals surface area contributed by atoms with Gasteiger partial charge in [-0.3, -0.25) is 9.69 Å². The Morgan fingerprint density at radius 1 is 1.17 bits per heavy atom. The van der Waals surface area contributed by atoms with Crippen LogP contribution in [0.1, 0.15) is 36.8 Å². The lowest BCUT2D eigenvalue weighted by molar-refractivity contribution is -0.117. The molecule has 4 heteroatoms. The third-order valence-corrected chi connectivity index (χ3v) is 4.84. The van der Waals surface area contributed by atoms with Crippen LogP contribution in [0.4, 0.5) is 5.69 Å². The number of hydrogen-bond donors (Lipinski definition) is 1. The van der Waals surface area contributed by atoms with Crippen LogP contribution in [0.25, 0.3) is 0 Å². The standard InChI is InChI=1S/C19H26N2OS/c1-14-10-11-23-17(14)12-21(5)13-18(22)20-16-8-6-15(7-9-16)19(2,3)4/h6-11H,12-13H2,1-5H3,(H,20,22). The van der Waals surface area contributed by atoms with Crippen LogP contribution >= 0.6 is 11.3 Å². The van der Waals surface area contributed by atoms with E-state index in [1.807, 2.05) is 24.1 Å². The van der Waals surface area contributed by atoms with Gasteiger partial charge in [0.2, 0.25) is 5.91 Å². The number of rotatable bonds is 5. The van der Waals surface area contributed by atoms with Crippen molar-refractivity contribution < 1.29 is 4.79 Å². The fraction of sp³-hybridized carbons (Fsp3) is 0.421. The molecule has 1 N–H and O–H groups in total. The van der Waals surface area contributed by atoms with Gasteiger partial charge >= 0.3 is 0 Å². The molecule has 0 aliphatic rings. The topological polar surface area (TPSA) is 32.3 Å². The summed E-state index contributed by atoms with van der Waals surface area (Å²) < 4.78 is 0. The van der Waals surface area contributed by atoms with Crippen molar-refractivity contribution in [2.45, 2.75) is 39.7 Å². The average Bonchev–Trinajstić information content (AvgIpc) is 2.83. The minimum absolute atomic E-state index is 0.0187. The molecule has 3 nitrogen and oxygen atoms in total. The molecule has 0 atom stereocenters. The molecule has 0 aliphatic heterocycles. The minimum atomic E-state index is 0.0187. The summed E-state index contributed by atoms with van der Waals surface area (Å²) in [5.41, 5.74) is 3.53. The highest BCUT2D eigenvalue weighted by Crippen LogP contribution is 2.23. The van der Waals surface area contributed by atoms with Crippen molar-refractivity contribution in [1.29, 1.82) is 0 Å². The minimum Gasteiger partial charge on any atom is -0.325 e. The predicted octanol–water partition coefficient (Wildman–Crippen LogP) is 4.42. The number of thiophene rings is 1. The first-order chi connectivity index (χ1) is 10.8. The van der Waals surface area contributed by atoms with E-state index in [2.05, 4.69) is 56.6 Å². The number of likely N-dealkylation sites (N-methyl/N-ethyl adjacent to an activating group) is 1. The van der Waals surface area contributed by atoms with Crippen LogP contribution in [-0.2, 0) is 16.8 Å². The molecule has 0 saturated heterocycles. The van der Waals surface area contributed by atoms with Gasteiger partial charge in [-0.05, 0) is 54.1 Å². The van der Waals surface area contributed by atoms with Gasteiger partial charge < -0.3 is 5.32 Å². The Balaban J connectivity index is 1.88. The van der Waals surface area contributed by atoms with Crippen molar-refractivity contribution >= 4 is 22.9 Å². The molecule has 0 fully saturated rings. The Morgan fingerprint density at radius 2 is 1.83 bits per heavy atom. The SMILES string of the molecule is Cc1ccsc1CN(C)CC(=O)Nc1ccc(C(C)(C)C)cc1. The van der Waals surface area contributed by atoms with Gasteiger partial charge in [0.15, 0.2) is 0 Å². The molecular weight excluding hydrogens is 304 g/mol. The first kappa shape index (κ1) is 17.7. The van der Waals surface area contributed by atoms with Crippen molar-refractivity contribution in [1.82, 2.24) is 4.90 Å².